The molecule has 2 aromatic rings. The van der Waals surface area contributed by atoms with Crippen LogP contribution in [0.15, 0.2) is 42.5 Å². The summed E-state index contributed by atoms with van der Waals surface area (Å²) < 4.78 is 10.1. The van der Waals surface area contributed by atoms with Gasteiger partial charge in [0.15, 0.2) is 0 Å². The van der Waals surface area contributed by atoms with Gasteiger partial charge in [-0.05, 0) is 29.8 Å². The van der Waals surface area contributed by atoms with Crippen LogP contribution in [-0.4, -0.2) is 31.2 Å². The number of carbonyl (C=O) groups excluding carboxylic acids is 1. The topological polar surface area (TPSA) is 90.7 Å². The van der Waals surface area contributed by atoms with Crippen molar-refractivity contribution in [2.75, 3.05) is 25.6 Å². The fraction of sp³-hybridized carbons (Fsp3) is 0.235. The minimum Gasteiger partial charge on any atom is -0.457 e. The van der Waals surface area contributed by atoms with Crippen LogP contribution in [0.25, 0.3) is 0 Å². The SMILES string of the molecule is COCCNc1ccc(C(=O)OCc2cccc(Cl)c2)cc1[N+](=O)[O-]. The molecule has 0 fully saturated rings. The molecule has 132 valence electrons. The smallest absolute Gasteiger partial charge is 0.338 e. The van der Waals surface area contributed by atoms with Gasteiger partial charge in [-0.2, -0.15) is 0 Å². The van der Waals surface area contributed by atoms with Gasteiger partial charge in [0.25, 0.3) is 5.69 Å². The van der Waals surface area contributed by atoms with Crippen molar-refractivity contribution in [3.8, 4) is 0 Å². The molecule has 0 aliphatic heterocycles. The lowest BCUT2D eigenvalue weighted by atomic mass is 10.1. The van der Waals surface area contributed by atoms with E-state index in [9.17, 15) is 14.9 Å². The van der Waals surface area contributed by atoms with Crippen molar-refractivity contribution in [2.24, 2.45) is 0 Å². The number of nitrogens with one attached hydrogen (secondary N) is 1. The van der Waals surface area contributed by atoms with Gasteiger partial charge in [-0.25, -0.2) is 4.79 Å². The summed E-state index contributed by atoms with van der Waals surface area (Å²) in [5, 5.41) is 14.6. The Hall–Kier alpha value is -2.64. The van der Waals surface area contributed by atoms with Crippen LogP contribution in [0.4, 0.5) is 11.4 Å². The first-order valence-electron chi connectivity index (χ1n) is 7.44. The molecule has 0 unspecified atom stereocenters. The Labute approximate surface area is 149 Å². The Bertz CT molecular complexity index is 766. The van der Waals surface area contributed by atoms with Gasteiger partial charge in [0.2, 0.25) is 0 Å². The van der Waals surface area contributed by atoms with E-state index in [4.69, 9.17) is 21.1 Å². The molecule has 0 aliphatic carbocycles. The first-order valence-corrected chi connectivity index (χ1v) is 7.82. The number of esters is 1. The van der Waals surface area contributed by atoms with Crippen LogP contribution in [0.1, 0.15) is 15.9 Å². The number of benzene rings is 2. The maximum atomic E-state index is 12.1. The molecule has 0 saturated carbocycles. The fourth-order valence-corrected chi connectivity index (χ4v) is 2.32. The number of nitrogens with zero attached hydrogens (tertiary/aromatic N) is 1. The van der Waals surface area contributed by atoms with E-state index in [1.165, 1.54) is 25.3 Å². The summed E-state index contributed by atoms with van der Waals surface area (Å²) in [7, 11) is 1.54. The second-order valence-electron chi connectivity index (χ2n) is 5.11. The highest BCUT2D eigenvalue weighted by atomic mass is 35.5. The summed E-state index contributed by atoms with van der Waals surface area (Å²) in [5.74, 6) is -0.647. The number of methoxy groups -OCH3 is 1. The van der Waals surface area contributed by atoms with Crippen LogP contribution < -0.4 is 5.32 Å². The van der Waals surface area contributed by atoms with E-state index in [2.05, 4.69) is 5.32 Å². The van der Waals surface area contributed by atoms with Gasteiger partial charge in [-0.15, -0.1) is 0 Å². The van der Waals surface area contributed by atoms with E-state index in [1.807, 2.05) is 0 Å². The van der Waals surface area contributed by atoms with Crippen molar-refractivity contribution in [3.63, 3.8) is 0 Å². The lowest BCUT2D eigenvalue weighted by Crippen LogP contribution is -2.11. The monoisotopic (exact) mass is 364 g/mol. The number of hydrogen-bond acceptors (Lipinski definition) is 6. The highest BCUT2D eigenvalue weighted by Crippen LogP contribution is 2.26. The number of halogens is 1. The van der Waals surface area contributed by atoms with Crippen LogP contribution in [0.2, 0.25) is 5.02 Å². The Morgan fingerprint density at radius 1 is 1.28 bits per heavy atom. The van der Waals surface area contributed by atoms with Gasteiger partial charge in [0.05, 0.1) is 17.1 Å². The second-order valence-corrected chi connectivity index (χ2v) is 5.55. The molecule has 0 heterocycles. The number of carbonyl (C=O) groups is 1. The quantitative estimate of drug-likeness (QED) is 0.332. The van der Waals surface area contributed by atoms with E-state index >= 15 is 0 Å². The molecule has 7 nitrogen and oxygen atoms in total. The number of ether oxygens (including phenoxy) is 2. The summed E-state index contributed by atoms with van der Waals surface area (Å²) in [4.78, 5) is 22.8. The normalized spacial score (nSPS) is 10.3. The maximum Gasteiger partial charge on any atom is 0.338 e. The predicted octanol–water partition coefficient (Wildman–Crippen LogP) is 3.66. The lowest BCUT2D eigenvalue weighted by molar-refractivity contribution is -0.384. The van der Waals surface area contributed by atoms with Crippen molar-refractivity contribution in [2.45, 2.75) is 6.61 Å². The zero-order valence-corrected chi connectivity index (χ0v) is 14.3. The molecule has 0 aromatic heterocycles. The summed E-state index contributed by atoms with van der Waals surface area (Å²) in [6.45, 7) is 0.845. The van der Waals surface area contributed by atoms with Crippen LogP contribution in [-0.2, 0) is 16.1 Å². The van der Waals surface area contributed by atoms with E-state index in [1.54, 1.807) is 24.3 Å². The largest absolute Gasteiger partial charge is 0.457 e. The summed E-state index contributed by atoms with van der Waals surface area (Å²) in [6, 6.07) is 11.1. The third-order valence-electron chi connectivity index (χ3n) is 3.31. The Balaban J connectivity index is 2.08. The van der Waals surface area contributed by atoms with E-state index < -0.39 is 10.9 Å². The molecular formula is C17H17ClN2O5. The molecule has 1 N–H and O–H groups in total. The zero-order valence-electron chi connectivity index (χ0n) is 13.5. The Morgan fingerprint density at radius 2 is 2.08 bits per heavy atom. The molecule has 2 rings (SSSR count). The third kappa shape index (κ3) is 5.44. The average Bonchev–Trinajstić information content (AvgIpc) is 2.60. The van der Waals surface area contributed by atoms with Crippen molar-refractivity contribution >= 4 is 28.9 Å². The molecule has 0 bridgehead atoms. The average molecular weight is 365 g/mol. The lowest BCUT2D eigenvalue weighted by Gasteiger charge is -2.09. The molecule has 0 radical (unpaired) electrons. The van der Waals surface area contributed by atoms with E-state index in [-0.39, 0.29) is 17.9 Å². The van der Waals surface area contributed by atoms with Gasteiger partial charge in [0, 0.05) is 24.7 Å². The molecule has 25 heavy (non-hydrogen) atoms. The molecule has 0 aliphatic rings. The molecule has 2 aromatic carbocycles. The van der Waals surface area contributed by atoms with Crippen LogP contribution in [0.3, 0.4) is 0 Å². The van der Waals surface area contributed by atoms with Gasteiger partial charge >= 0.3 is 5.97 Å². The van der Waals surface area contributed by atoms with Gasteiger partial charge in [0.1, 0.15) is 12.3 Å². The maximum absolute atomic E-state index is 12.1. The van der Waals surface area contributed by atoms with E-state index in [0.717, 1.165) is 5.56 Å². The number of nitro groups is 1. The predicted molar refractivity (Wildman–Crippen MR) is 94.0 cm³/mol. The Morgan fingerprint density at radius 3 is 2.76 bits per heavy atom. The first-order chi connectivity index (χ1) is 12.0. The standard InChI is InChI=1S/C17H17ClN2O5/c1-24-8-7-19-15-6-5-13(10-16(15)20(22)23)17(21)25-11-12-3-2-4-14(18)9-12/h2-6,9-10,19H,7-8,11H2,1H3. The zero-order chi connectivity index (χ0) is 18.2. The van der Waals surface area contributed by atoms with E-state index in [0.29, 0.717) is 23.9 Å². The van der Waals surface area contributed by atoms with Crippen LogP contribution in [0.5, 0.6) is 0 Å². The molecule has 0 saturated heterocycles. The van der Waals surface area contributed by atoms with Crippen molar-refractivity contribution in [1.82, 2.24) is 0 Å². The molecular weight excluding hydrogens is 348 g/mol. The molecule has 0 atom stereocenters. The fourth-order valence-electron chi connectivity index (χ4n) is 2.11. The molecule has 0 amide bonds. The number of hydrogen-bond donors (Lipinski definition) is 1. The van der Waals surface area contributed by atoms with Crippen molar-refractivity contribution < 1.29 is 19.2 Å². The number of anilines is 1. The third-order valence-corrected chi connectivity index (χ3v) is 3.55. The van der Waals surface area contributed by atoms with Gasteiger partial charge in [-0.3, -0.25) is 10.1 Å². The van der Waals surface area contributed by atoms with Crippen LogP contribution in [0, 0.1) is 10.1 Å². The number of rotatable bonds is 8. The Kier molecular flexibility index (Phi) is 6.73. The molecule has 8 heteroatoms. The second kappa shape index (κ2) is 9.00. The first kappa shape index (κ1) is 18.7. The minimum atomic E-state index is -0.647. The summed E-state index contributed by atoms with van der Waals surface area (Å²) >= 11 is 5.87. The number of nitro benzene ring substituents is 1. The highest BCUT2D eigenvalue weighted by Gasteiger charge is 2.18. The molecule has 0 spiro atoms. The van der Waals surface area contributed by atoms with Crippen LogP contribution >= 0.6 is 11.6 Å². The van der Waals surface area contributed by atoms with Crippen molar-refractivity contribution in [1.29, 1.82) is 0 Å². The summed E-state index contributed by atoms with van der Waals surface area (Å²) in [6.07, 6.45) is 0. The summed E-state index contributed by atoms with van der Waals surface area (Å²) in [5.41, 5.74) is 0.945. The minimum absolute atomic E-state index is 0.0288. The van der Waals surface area contributed by atoms with Crippen molar-refractivity contribution in [3.05, 3.63) is 68.7 Å². The van der Waals surface area contributed by atoms with Gasteiger partial charge < -0.3 is 14.8 Å². The highest BCUT2D eigenvalue weighted by molar-refractivity contribution is 6.30. The van der Waals surface area contributed by atoms with Gasteiger partial charge in [-0.1, -0.05) is 23.7 Å².